The van der Waals surface area contributed by atoms with Crippen LogP contribution in [0.3, 0.4) is 0 Å². The summed E-state index contributed by atoms with van der Waals surface area (Å²) in [5.41, 5.74) is 4.98. The van der Waals surface area contributed by atoms with Crippen molar-refractivity contribution in [2.45, 2.75) is 19.2 Å². The maximum Gasteiger partial charge on any atom is 0.137 e. The van der Waals surface area contributed by atoms with Crippen molar-refractivity contribution in [3.05, 3.63) is 70.9 Å². The summed E-state index contributed by atoms with van der Waals surface area (Å²) in [5, 5.41) is 0. The molecule has 0 aliphatic heterocycles. The molecule has 4 heteroatoms. The highest BCUT2D eigenvalue weighted by atomic mass is 35.5. The van der Waals surface area contributed by atoms with Crippen LogP contribution < -0.4 is 0 Å². The van der Waals surface area contributed by atoms with Crippen LogP contribution in [0.25, 0.3) is 5.65 Å². The minimum atomic E-state index is -0.225. The average Bonchev–Trinajstić information content (AvgIpc) is 2.80. The molecule has 2 nitrogen and oxygen atoms in total. The van der Waals surface area contributed by atoms with Gasteiger partial charge in [-0.2, -0.15) is 0 Å². The topological polar surface area (TPSA) is 17.3 Å². The van der Waals surface area contributed by atoms with Gasteiger partial charge in [-0.1, -0.05) is 18.2 Å². The third-order valence-electron chi connectivity index (χ3n) is 3.43. The summed E-state index contributed by atoms with van der Waals surface area (Å²) in [5.74, 6) is 0.180. The van der Waals surface area contributed by atoms with Crippen LogP contribution in [0, 0.1) is 12.7 Å². The fraction of sp³-hybridized carbons (Fsp3) is 0.188. The Hall–Kier alpha value is -1.87. The van der Waals surface area contributed by atoms with Crippen LogP contribution in [0.4, 0.5) is 4.39 Å². The fourth-order valence-corrected chi connectivity index (χ4v) is 2.72. The van der Waals surface area contributed by atoms with Gasteiger partial charge in [-0.05, 0) is 36.8 Å². The van der Waals surface area contributed by atoms with Crippen molar-refractivity contribution in [3.63, 3.8) is 0 Å². The molecule has 3 rings (SSSR count). The molecule has 3 aromatic rings. The molecule has 0 unspecified atom stereocenters. The first-order chi connectivity index (χ1) is 9.69. The Morgan fingerprint density at radius 3 is 2.60 bits per heavy atom. The molecule has 0 atom stereocenters. The van der Waals surface area contributed by atoms with Crippen molar-refractivity contribution in [2.24, 2.45) is 0 Å². The zero-order chi connectivity index (χ0) is 14.1. The normalized spacial score (nSPS) is 11.2. The van der Waals surface area contributed by atoms with E-state index >= 15 is 0 Å². The van der Waals surface area contributed by atoms with Crippen molar-refractivity contribution >= 4 is 17.2 Å². The predicted octanol–water partition coefficient (Wildman–Crippen LogP) is 4.11. The van der Waals surface area contributed by atoms with Crippen LogP contribution in [0.15, 0.2) is 42.5 Å². The van der Waals surface area contributed by atoms with E-state index in [0.29, 0.717) is 12.3 Å². The minimum absolute atomic E-state index is 0.225. The number of pyridine rings is 1. The Morgan fingerprint density at radius 2 is 1.90 bits per heavy atom. The van der Waals surface area contributed by atoms with Crippen LogP contribution in [0.5, 0.6) is 0 Å². The largest absolute Gasteiger partial charge is 0.300 e. The molecule has 20 heavy (non-hydrogen) atoms. The number of alkyl halides is 1. The Morgan fingerprint density at radius 1 is 1.15 bits per heavy atom. The highest BCUT2D eigenvalue weighted by Crippen LogP contribution is 2.20. The van der Waals surface area contributed by atoms with E-state index in [4.69, 9.17) is 11.6 Å². The molecule has 0 spiro atoms. The monoisotopic (exact) mass is 288 g/mol. The van der Waals surface area contributed by atoms with E-state index in [1.807, 2.05) is 25.1 Å². The van der Waals surface area contributed by atoms with Crippen LogP contribution >= 0.6 is 11.6 Å². The van der Waals surface area contributed by atoms with Gasteiger partial charge in [-0.3, -0.25) is 4.40 Å². The number of benzene rings is 1. The smallest absolute Gasteiger partial charge is 0.137 e. The van der Waals surface area contributed by atoms with Crippen molar-refractivity contribution in [2.75, 3.05) is 0 Å². The fourth-order valence-electron chi connectivity index (χ4n) is 2.45. The lowest BCUT2D eigenvalue weighted by atomic mass is 10.1. The standard InChI is InChI=1S/C16H14ClFN2/c1-11-3-2-4-16-19-14(15(10-17)20(11)16)9-12-5-7-13(18)8-6-12/h2-8H,9-10H2,1H3. The van der Waals surface area contributed by atoms with Gasteiger partial charge in [0.05, 0.1) is 17.3 Å². The maximum absolute atomic E-state index is 13.0. The van der Waals surface area contributed by atoms with Gasteiger partial charge in [0.1, 0.15) is 11.5 Å². The van der Waals surface area contributed by atoms with Gasteiger partial charge in [0, 0.05) is 12.1 Å². The molecule has 0 fully saturated rings. The van der Waals surface area contributed by atoms with E-state index in [1.165, 1.54) is 12.1 Å². The molecule has 102 valence electrons. The Bertz CT molecular complexity index is 747. The Balaban J connectivity index is 2.07. The van der Waals surface area contributed by atoms with E-state index in [2.05, 4.69) is 9.38 Å². The molecule has 0 aliphatic rings. The molecule has 2 aromatic heterocycles. The second-order valence-electron chi connectivity index (χ2n) is 4.80. The summed E-state index contributed by atoms with van der Waals surface area (Å²) in [4.78, 5) is 4.65. The number of aryl methyl sites for hydroxylation is 1. The van der Waals surface area contributed by atoms with Crippen molar-refractivity contribution < 1.29 is 4.39 Å². The predicted molar refractivity (Wildman–Crippen MR) is 78.7 cm³/mol. The minimum Gasteiger partial charge on any atom is -0.300 e. The van der Waals surface area contributed by atoms with Crippen molar-refractivity contribution in [1.82, 2.24) is 9.38 Å². The van der Waals surface area contributed by atoms with Gasteiger partial charge in [0.2, 0.25) is 0 Å². The number of aromatic nitrogens is 2. The van der Waals surface area contributed by atoms with Crippen molar-refractivity contribution in [1.29, 1.82) is 0 Å². The molecule has 2 heterocycles. The molecule has 0 saturated carbocycles. The highest BCUT2D eigenvalue weighted by Gasteiger charge is 2.13. The summed E-state index contributed by atoms with van der Waals surface area (Å²) in [6.45, 7) is 2.03. The first-order valence-electron chi connectivity index (χ1n) is 6.45. The highest BCUT2D eigenvalue weighted by molar-refractivity contribution is 6.17. The molecule has 0 amide bonds. The summed E-state index contributed by atoms with van der Waals surface area (Å²) >= 11 is 6.10. The number of hydrogen-bond donors (Lipinski definition) is 0. The molecular weight excluding hydrogens is 275 g/mol. The molecule has 0 radical (unpaired) electrons. The van der Waals surface area contributed by atoms with E-state index in [-0.39, 0.29) is 5.82 Å². The van der Waals surface area contributed by atoms with E-state index < -0.39 is 0 Å². The molecule has 0 N–H and O–H groups in total. The number of fused-ring (bicyclic) bond motifs is 1. The summed E-state index contributed by atoms with van der Waals surface area (Å²) in [6.07, 6.45) is 0.656. The van der Waals surface area contributed by atoms with E-state index in [1.54, 1.807) is 12.1 Å². The van der Waals surface area contributed by atoms with Gasteiger partial charge in [-0.15, -0.1) is 11.6 Å². The molecule has 1 aromatic carbocycles. The number of rotatable bonds is 3. The van der Waals surface area contributed by atoms with E-state index in [9.17, 15) is 4.39 Å². The quantitative estimate of drug-likeness (QED) is 0.663. The molecular formula is C16H14ClFN2. The second-order valence-corrected chi connectivity index (χ2v) is 5.07. The van der Waals surface area contributed by atoms with Crippen LogP contribution in [0.1, 0.15) is 22.6 Å². The summed E-state index contributed by atoms with van der Waals surface area (Å²) in [7, 11) is 0. The SMILES string of the molecule is Cc1cccc2nc(Cc3ccc(F)cc3)c(CCl)n12. The maximum atomic E-state index is 13.0. The number of hydrogen-bond acceptors (Lipinski definition) is 1. The Labute approximate surface area is 121 Å². The zero-order valence-corrected chi connectivity index (χ0v) is 11.9. The van der Waals surface area contributed by atoms with E-state index in [0.717, 1.165) is 28.3 Å². The van der Waals surface area contributed by atoms with Gasteiger partial charge < -0.3 is 0 Å². The van der Waals surface area contributed by atoms with Gasteiger partial charge >= 0.3 is 0 Å². The first-order valence-corrected chi connectivity index (χ1v) is 6.98. The molecule has 0 aliphatic carbocycles. The number of imidazole rings is 1. The second kappa shape index (κ2) is 5.25. The third kappa shape index (κ3) is 2.29. The van der Waals surface area contributed by atoms with Crippen molar-refractivity contribution in [3.8, 4) is 0 Å². The number of nitrogens with zero attached hydrogens (tertiary/aromatic N) is 2. The third-order valence-corrected chi connectivity index (χ3v) is 3.68. The summed E-state index contributed by atoms with van der Waals surface area (Å²) in [6, 6.07) is 12.5. The lowest BCUT2D eigenvalue weighted by Crippen LogP contribution is -1.98. The zero-order valence-electron chi connectivity index (χ0n) is 11.1. The summed E-state index contributed by atoms with van der Waals surface area (Å²) < 4.78 is 15.0. The van der Waals surface area contributed by atoms with Gasteiger partial charge in [-0.25, -0.2) is 9.37 Å². The molecule has 0 bridgehead atoms. The molecule has 0 saturated heterocycles. The van der Waals surface area contributed by atoms with Crippen LogP contribution in [-0.4, -0.2) is 9.38 Å². The first kappa shape index (κ1) is 13.1. The Kier molecular flexibility index (Phi) is 3.45. The van der Waals surface area contributed by atoms with Crippen LogP contribution in [0.2, 0.25) is 0 Å². The van der Waals surface area contributed by atoms with Gasteiger partial charge in [0.25, 0.3) is 0 Å². The lowest BCUT2D eigenvalue weighted by molar-refractivity contribution is 0.627. The average molecular weight is 289 g/mol. The number of halogens is 2. The van der Waals surface area contributed by atoms with Gasteiger partial charge in [0.15, 0.2) is 0 Å². The lowest BCUT2D eigenvalue weighted by Gasteiger charge is -2.04. The van der Waals surface area contributed by atoms with Crippen LogP contribution in [-0.2, 0) is 12.3 Å².